The van der Waals surface area contributed by atoms with Gasteiger partial charge in [-0.2, -0.15) is 0 Å². The zero-order valence-corrected chi connectivity index (χ0v) is 13.2. The molecule has 2 N–H and O–H groups in total. The lowest BCUT2D eigenvalue weighted by molar-refractivity contribution is 0.279. The van der Waals surface area contributed by atoms with Gasteiger partial charge in [0.2, 0.25) is 0 Å². The molecule has 1 aromatic heterocycles. The molecule has 0 amide bonds. The standard InChI is InChI=1S/C16H24FN3/c1-10(2)20-13-9-11(17)7-8-12(13)19-14(20)15(3,4)16(5,6)18/h7-10H,18H2,1-6H3. The summed E-state index contributed by atoms with van der Waals surface area (Å²) in [6, 6.07) is 4.92. The third-order valence-electron chi connectivity index (χ3n) is 4.34. The van der Waals surface area contributed by atoms with E-state index in [-0.39, 0.29) is 17.3 Å². The summed E-state index contributed by atoms with van der Waals surface area (Å²) in [5.41, 5.74) is 7.22. The lowest BCUT2D eigenvalue weighted by Gasteiger charge is -2.38. The summed E-state index contributed by atoms with van der Waals surface area (Å²) < 4.78 is 15.6. The molecule has 4 heteroatoms. The first-order chi connectivity index (χ1) is 9.05. The van der Waals surface area contributed by atoms with Crippen molar-refractivity contribution in [2.24, 2.45) is 5.73 Å². The van der Waals surface area contributed by atoms with Gasteiger partial charge in [0.25, 0.3) is 0 Å². The third-order valence-corrected chi connectivity index (χ3v) is 4.34. The second-order valence-electron chi connectivity index (χ2n) is 6.88. The van der Waals surface area contributed by atoms with E-state index in [2.05, 4.69) is 32.3 Å². The van der Waals surface area contributed by atoms with E-state index in [1.807, 2.05) is 13.8 Å². The predicted molar refractivity (Wildman–Crippen MR) is 81.4 cm³/mol. The Labute approximate surface area is 120 Å². The first-order valence-corrected chi connectivity index (χ1v) is 7.02. The van der Waals surface area contributed by atoms with E-state index in [1.165, 1.54) is 6.07 Å². The summed E-state index contributed by atoms with van der Waals surface area (Å²) in [7, 11) is 0. The van der Waals surface area contributed by atoms with E-state index in [0.717, 1.165) is 16.9 Å². The number of hydrogen-bond acceptors (Lipinski definition) is 2. The molecule has 3 nitrogen and oxygen atoms in total. The number of nitrogens with two attached hydrogens (primary N) is 1. The van der Waals surface area contributed by atoms with Crippen LogP contribution in [0.4, 0.5) is 4.39 Å². The minimum atomic E-state index is -0.431. The fourth-order valence-electron chi connectivity index (χ4n) is 2.32. The maximum Gasteiger partial charge on any atom is 0.125 e. The Balaban J connectivity index is 2.80. The number of imidazole rings is 1. The molecule has 2 rings (SSSR count). The fourth-order valence-corrected chi connectivity index (χ4v) is 2.32. The Kier molecular flexibility index (Phi) is 3.41. The smallest absolute Gasteiger partial charge is 0.125 e. The van der Waals surface area contributed by atoms with Crippen molar-refractivity contribution in [2.45, 2.75) is 58.5 Å². The molecule has 20 heavy (non-hydrogen) atoms. The molecule has 110 valence electrons. The highest BCUT2D eigenvalue weighted by Gasteiger charge is 2.39. The highest BCUT2D eigenvalue weighted by molar-refractivity contribution is 5.76. The van der Waals surface area contributed by atoms with E-state index >= 15 is 0 Å². The lowest BCUT2D eigenvalue weighted by atomic mass is 9.74. The molecule has 1 aromatic carbocycles. The third kappa shape index (κ3) is 2.22. The Morgan fingerprint density at radius 3 is 2.30 bits per heavy atom. The minimum Gasteiger partial charge on any atom is -0.325 e. The van der Waals surface area contributed by atoms with E-state index in [0.29, 0.717) is 0 Å². The molecule has 0 radical (unpaired) electrons. The second-order valence-corrected chi connectivity index (χ2v) is 6.88. The summed E-state index contributed by atoms with van der Waals surface area (Å²) in [5, 5.41) is 0. The molecule has 0 fully saturated rings. The van der Waals surface area contributed by atoms with Crippen molar-refractivity contribution in [3.8, 4) is 0 Å². The van der Waals surface area contributed by atoms with Crippen LogP contribution in [0.1, 0.15) is 53.4 Å². The molecule has 2 aromatic rings. The molecular weight excluding hydrogens is 253 g/mol. The van der Waals surface area contributed by atoms with Gasteiger partial charge in [0.1, 0.15) is 11.6 Å². The quantitative estimate of drug-likeness (QED) is 0.928. The summed E-state index contributed by atoms with van der Waals surface area (Å²) in [6.45, 7) is 12.3. The van der Waals surface area contributed by atoms with Gasteiger partial charge in [-0.25, -0.2) is 9.37 Å². The van der Waals surface area contributed by atoms with Crippen LogP contribution >= 0.6 is 0 Å². The summed E-state index contributed by atoms with van der Waals surface area (Å²) >= 11 is 0. The monoisotopic (exact) mass is 277 g/mol. The Bertz CT molecular complexity index is 633. The first-order valence-electron chi connectivity index (χ1n) is 7.02. The largest absolute Gasteiger partial charge is 0.325 e. The second kappa shape index (κ2) is 4.55. The average molecular weight is 277 g/mol. The van der Waals surface area contributed by atoms with E-state index in [4.69, 9.17) is 10.7 Å². The van der Waals surface area contributed by atoms with Crippen molar-refractivity contribution in [2.75, 3.05) is 0 Å². The zero-order valence-electron chi connectivity index (χ0n) is 13.2. The van der Waals surface area contributed by atoms with Gasteiger partial charge in [-0.05, 0) is 45.9 Å². The molecule has 0 bridgehead atoms. The number of benzene rings is 1. The topological polar surface area (TPSA) is 43.8 Å². The van der Waals surface area contributed by atoms with Gasteiger partial charge in [-0.15, -0.1) is 0 Å². The fraction of sp³-hybridized carbons (Fsp3) is 0.562. The molecule has 0 spiro atoms. The summed E-state index contributed by atoms with van der Waals surface area (Å²) in [5.74, 6) is 0.663. The molecular formula is C16H24FN3. The number of aromatic nitrogens is 2. The maximum atomic E-state index is 13.6. The van der Waals surface area contributed by atoms with Crippen molar-refractivity contribution in [3.63, 3.8) is 0 Å². The number of nitrogens with zero attached hydrogens (tertiary/aromatic N) is 2. The Morgan fingerprint density at radius 2 is 1.80 bits per heavy atom. The van der Waals surface area contributed by atoms with Crippen LogP contribution in [0.3, 0.4) is 0 Å². The van der Waals surface area contributed by atoms with Crippen LogP contribution in [0.25, 0.3) is 11.0 Å². The SMILES string of the molecule is CC(C)n1c(C(C)(C)C(C)(C)N)nc2ccc(F)cc21. The first kappa shape index (κ1) is 15.0. The van der Waals surface area contributed by atoms with E-state index in [9.17, 15) is 4.39 Å². The number of rotatable bonds is 3. The molecule has 0 aliphatic carbocycles. The van der Waals surface area contributed by atoms with Crippen molar-refractivity contribution in [1.82, 2.24) is 9.55 Å². The Hall–Kier alpha value is -1.42. The summed E-state index contributed by atoms with van der Waals surface area (Å²) in [6.07, 6.45) is 0. The molecule has 0 saturated heterocycles. The molecule has 0 unspecified atom stereocenters. The molecule has 1 heterocycles. The zero-order chi connectivity index (χ0) is 15.3. The van der Waals surface area contributed by atoms with E-state index < -0.39 is 5.54 Å². The van der Waals surface area contributed by atoms with Gasteiger partial charge in [-0.1, -0.05) is 13.8 Å². The van der Waals surface area contributed by atoms with Crippen LogP contribution in [0.5, 0.6) is 0 Å². The van der Waals surface area contributed by atoms with Crippen molar-refractivity contribution in [3.05, 3.63) is 29.8 Å². The van der Waals surface area contributed by atoms with Gasteiger partial charge in [0.05, 0.1) is 11.0 Å². The van der Waals surface area contributed by atoms with Crippen molar-refractivity contribution in [1.29, 1.82) is 0 Å². The van der Waals surface area contributed by atoms with Gasteiger partial charge in [-0.3, -0.25) is 0 Å². The Morgan fingerprint density at radius 1 is 1.20 bits per heavy atom. The summed E-state index contributed by atoms with van der Waals surface area (Å²) in [4.78, 5) is 4.73. The van der Waals surface area contributed by atoms with Gasteiger partial charge >= 0.3 is 0 Å². The van der Waals surface area contributed by atoms with Crippen LogP contribution in [0, 0.1) is 5.82 Å². The minimum absolute atomic E-state index is 0.193. The van der Waals surface area contributed by atoms with E-state index in [1.54, 1.807) is 12.1 Å². The normalized spacial score (nSPS) is 13.4. The number of hydrogen-bond donors (Lipinski definition) is 1. The number of halogens is 1. The van der Waals surface area contributed by atoms with Gasteiger partial charge in [0.15, 0.2) is 0 Å². The van der Waals surface area contributed by atoms with Crippen LogP contribution in [-0.4, -0.2) is 15.1 Å². The highest BCUT2D eigenvalue weighted by atomic mass is 19.1. The highest BCUT2D eigenvalue weighted by Crippen LogP contribution is 2.36. The lowest BCUT2D eigenvalue weighted by Crippen LogP contribution is -2.51. The molecule has 0 aliphatic rings. The predicted octanol–water partition coefficient (Wildman–Crippen LogP) is 3.77. The van der Waals surface area contributed by atoms with Crippen LogP contribution in [0.2, 0.25) is 0 Å². The van der Waals surface area contributed by atoms with Crippen LogP contribution in [-0.2, 0) is 5.41 Å². The number of fused-ring (bicyclic) bond motifs is 1. The molecule has 0 saturated carbocycles. The van der Waals surface area contributed by atoms with Crippen LogP contribution in [0.15, 0.2) is 18.2 Å². The van der Waals surface area contributed by atoms with Gasteiger partial charge < -0.3 is 10.3 Å². The maximum absolute atomic E-state index is 13.6. The van der Waals surface area contributed by atoms with Gasteiger partial charge in [0, 0.05) is 17.0 Å². The van der Waals surface area contributed by atoms with Crippen LogP contribution < -0.4 is 5.73 Å². The molecule has 0 atom stereocenters. The molecule has 0 aliphatic heterocycles. The average Bonchev–Trinajstić information content (AvgIpc) is 2.66. The van der Waals surface area contributed by atoms with Crippen molar-refractivity contribution < 1.29 is 4.39 Å². The van der Waals surface area contributed by atoms with Crippen molar-refractivity contribution >= 4 is 11.0 Å².